The molecule has 0 saturated carbocycles. The fourth-order valence-electron chi connectivity index (χ4n) is 5.47. The van der Waals surface area contributed by atoms with Gasteiger partial charge in [0.15, 0.2) is 0 Å². The highest BCUT2D eigenvalue weighted by molar-refractivity contribution is 9.09. The van der Waals surface area contributed by atoms with Crippen LogP contribution in [-0.4, -0.2) is 74.4 Å². The summed E-state index contributed by atoms with van der Waals surface area (Å²) >= 11 is 5.30. The van der Waals surface area contributed by atoms with Crippen LogP contribution in [0.5, 0.6) is 5.75 Å². The van der Waals surface area contributed by atoms with Crippen LogP contribution >= 0.6 is 27.7 Å². The molecule has 0 aromatic heterocycles. The topological polar surface area (TPSA) is 108 Å². The van der Waals surface area contributed by atoms with Crippen molar-refractivity contribution in [2.45, 2.75) is 54.1 Å². The van der Waals surface area contributed by atoms with E-state index in [-0.39, 0.29) is 47.0 Å². The number of nitrogens with one attached hydrogen (secondary N) is 2. The molecule has 3 N–H and O–H groups in total. The largest absolute Gasteiger partial charge is 0.494 e. The number of likely N-dealkylation sites (tertiary alicyclic amines) is 1. The Kier molecular flexibility index (Phi) is 6.98. The summed E-state index contributed by atoms with van der Waals surface area (Å²) in [6.07, 6.45) is 0.615. The van der Waals surface area contributed by atoms with E-state index in [0.29, 0.717) is 18.7 Å². The minimum Gasteiger partial charge on any atom is -0.494 e. The number of rotatable bonds is 8. The van der Waals surface area contributed by atoms with Crippen molar-refractivity contribution in [3.05, 3.63) is 24.3 Å². The highest BCUT2D eigenvalue weighted by Gasteiger charge is 2.75. The summed E-state index contributed by atoms with van der Waals surface area (Å²) in [5.74, 6) is -1.16. The van der Waals surface area contributed by atoms with Gasteiger partial charge in [-0.2, -0.15) is 0 Å². The summed E-state index contributed by atoms with van der Waals surface area (Å²) < 4.78 is 4.75. The van der Waals surface area contributed by atoms with Crippen LogP contribution in [0.1, 0.15) is 27.2 Å². The maximum absolute atomic E-state index is 13.6. The zero-order valence-corrected chi connectivity index (χ0v) is 21.3. The van der Waals surface area contributed by atoms with Gasteiger partial charge in [0.25, 0.3) is 0 Å². The molecule has 4 rings (SSSR count). The molecule has 3 saturated heterocycles. The first-order valence-electron chi connectivity index (χ1n) is 11.3. The van der Waals surface area contributed by atoms with Crippen LogP contribution in [0.25, 0.3) is 0 Å². The number of alkyl halides is 1. The standard InChI is InChI=1S/C23H30BrN3O5S/c1-4-32-14-7-5-13(6-8-14)26-20(29)16-17-22(31)27(9-10-28)19(21(30)25-12(2)3)23(17)11-15(24)18(16)33-23/h5-8,12,15-19,28H,4,9-11H2,1-3H3,(H,25,30)(H,26,29)/t15?,16-,17+,18-,19?,23?/m1/s1. The van der Waals surface area contributed by atoms with Gasteiger partial charge in [0.05, 0.1) is 29.8 Å². The number of carbonyl (C=O) groups excluding carboxylic acids is 3. The second kappa shape index (κ2) is 9.46. The lowest BCUT2D eigenvalue weighted by molar-refractivity contribution is -0.139. The van der Waals surface area contributed by atoms with Gasteiger partial charge in [-0.1, -0.05) is 15.9 Å². The second-order valence-corrected chi connectivity index (χ2v) is 11.7. The van der Waals surface area contributed by atoms with Gasteiger partial charge in [-0.25, -0.2) is 0 Å². The summed E-state index contributed by atoms with van der Waals surface area (Å²) in [7, 11) is 0. The highest BCUT2D eigenvalue weighted by atomic mass is 79.9. The average Bonchev–Trinajstić information content (AvgIpc) is 3.33. The lowest BCUT2D eigenvalue weighted by atomic mass is 9.70. The number of nitrogens with zero attached hydrogens (tertiary/aromatic N) is 1. The van der Waals surface area contributed by atoms with Crippen molar-refractivity contribution in [3.63, 3.8) is 0 Å². The third kappa shape index (κ3) is 4.14. The predicted molar refractivity (Wildman–Crippen MR) is 131 cm³/mol. The van der Waals surface area contributed by atoms with Gasteiger partial charge in [-0.05, 0) is 51.5 Å². The first-order valence-corrected chi connectivity index (χ1v) is 13.1. The fraction of sp³-hybridized carbons (Fsp3) is 0.609. The third-order valence-corrected chi connectivity index (χ3v) is 9.76. The van der Waals surface area contributed by atoms with Gasteiger partial charge in [0.2, 0.25) is 17.7 Å². The Bertz CT molecular complexity index is 929. The molecule has 33 heavy (non-hydrogen) atoms. The van der Waals surface area contributed by atoms with Crippen LogP contribution in [0.2, 0.25) is 0 Å². The van der Waals surface area contributed by atoms with E-state index in [2.05, 4.69) is 26.6 Å². The average molecular weight is 540 g/mol. The third-order valence-electron chi connectivity index (χ3n) is 6.54. The van der Waals surface area contributed by atoms with Gasteiger partial charge in [-0.3, -0.25) is 14.4 Å². The van der Waals surface area contributed by atoms with Crippen molar-refractivity contribution in [1.29, 1.82) is 0 Å². The Morgan fingerprint density at radius 1 is 1.30 bits per heavy atom. The molecule has 3 amide bonds. The summed E-state index contributed by atoms with van der Waals surface area (Å²) in [6.45, 7) is 6.04. The molecule has 3 unspecified atom stereocenters. The number of ether oxygens (including phenoxy) is 1. The number of β-amino-alcohol motifs (C(OH)–C–C–N with tert-alkyl or cyclic N) is 1. The molecule has 8 nitrogen and oxygen atoms in total. The number of hydrogen-bond acceptors (Lipinski definition) is 6. The minimum atomic E-state index is -0.720. The molecule has 3 fully saturated rings. The highest BCUT2D eigenvalue weighted by Crippen LogP contribution is 2.67. The molecule has 180 valence electrons. The van der Waals surface area contributed by atoms with E-state index in [1.807, 2.05) is 20.8 Å². The Hall–Kier alpha value is -1.78. The number of amides is 3. The zero-order chi connectivity index (χ0) is 23.9. The van der Waals surface area contributed by atoms with Crippen LogP contribution in [0.3, 0.4) is 0 Å². The molecule has 3 heterocycles. The first-order chi connectivity index (χ1) is 15.7. The monoisotopic (exact) mass is 539 g/mol. The normalized spacial score (nSPS) is 32.2. The molecule has 1 spiro atoms. The smallest absolute Gasteiger partial charge is 0.244 e. The predicted octanol–water partition coefficient (Wildman–Crippen LogP) is 2.01. The minimum absolute atomic E-state index is 0.00561. The van der Waals surface area contributed by atoms with Crippen molar-refractivity contribution >= 4 is 51.1 Å². The molecule has 10 heteroatoms. The van der Waals surface area contributed by atoms with Gasteiger partial charge >= 0.3 is 0 Å². The van der Waals surface area contributed by atoms with Crippen molar-refractivity contribution < 1.29 is 24.2 Å². The molecule has 0 radical (unpaired) electrons. The zero-order valence-electron chi connectivity index (χ0n) is 18.9. The number of fused-ring (bicyclic) bond motifs is 1. The van der Waals surface area contributed by atoms with Crippen LogP contribution in [0.15, 0.2) is 24.3 Å². The van der Waals surface area contributed by atoms with E-state index in [1.165, 1.54) is 4.90 Å². The first kappa shape index (κ1) is 24.3. The molecule has 3 aliphatic rings. The van der Waals surface area contributed by atoms with Crippen molar-refractivity contribution in [1.82, 2.24) is 10.2 Å². The van der Waals surface area contributed by atoms with E-state index in [9.17, 15) is 19.5 Å². The van der Waals surface area contributed by atoms with E-state index in [4.69, 9.17) is 4.74 Å². The Labute approximate surface area is 206 Å². The van der Waals surface area contributed by atoms with E-state index >= 15 is 0 Å². The molecule has 2 bridgehead atoms. The Morgan fingerprint density at radius 2 is 2.00 bits per heavy atom. The van der Waals surface area contributed by atoms with Crippen LogP contribution in [-0.2, 0) is 14.4 Å². The quantitative estimate of drug-likeness (QED) is 0.436. The van der Waals surface area contributed by atoms with Gasteiger partial charge in [0.1, 0.15) is 11.8 Å². The SMILES string of the molecule is CCOc1ccc(NC(=O)[C@H]2[C@@H]3SC4(CC3Br)C(C(=O)NC(C)C)N(CCO)C(=O)[C@H]24)cc1. The summed E-state index contributed by atoms with van der Waals surface area (Å²) in [6, 6.07) is 6.33. The lowest BCUT2D eigenvalue weighted by Gasteiger charge is -2.35. The van der Waals surface area contributed by atoms with E-state index in [0.717, 1.165) is 5.75 Å². The summed E-state index contributed by atoms with van der Waals surface area (Å²) in [5, 5.41) is 15.4. The Balaban J connectivity index is 1.63. The second-order valence-electron chi connectivity index (χ2n) is 9.03. The van der Waals surface area contributed by atoms with E-state index in [1.54, 1.807) is 36.0 Å². The summed E-state index contributed by atoms with van der Waals surface area (Å²) in [5.41, 5.74) is 0.628. The molecular formula is C23H30BrN3O5S. The van der Waals surface area contributed by atoms with Gasteiger partial charge in [0, 0.05) is 28.4 Å². The number of thioether (sulfide) groups is 1. The van der Waals surface area contributed by atoms with Gasteiger partial charge < -0.3 is 25.4 Å². The van der Waals surface area contributed by atoms with Gasteiger partial charge in [-0.15, -0.1) is 11.8 Å². The Morgan fingerprint density at radius 3 is 2.61 bits per heavy atom. The molecule has 0 aliphatic carbocycles. The van der Waals surface area contributed by atoms with E-state index < -0.39 is 22.6 Å². The number of aliphatic hydroxyl groups is 1. The number of halogens is 1. The molecule has 1 aromatic carbocycles. The number of benzene rings is 1. The number of carbonyl (C=O) groups is 3. The maximum atomic E-state index is 13.6. The van der Waals surface area contributed by atoms with Crippen molar-refractivity contribution in [2.75, 3.05) is 25.1 Å². The molecule has 1 aromatic rings. The van der Waals surface area contributed by atoms with Crippen LogP contribution < -0.4 is 15.4 Å². The fourth-order valence-corrected chi connectivity index (χ4v) is 9.08. The molecule has 6 atom stereocenters. The molecule has 3 aliphatic heterocycles. The van der Waals surface area contributed by atoms with Crippen molar-refractivity contribution in [3.8, 4) is 5.75 Å². The van der Waals surface area contributed by atoms with Crippen LogP contribution in [0.4, 0.5) is 5.69 Å². The van der Waals surface area contributed by atoms with Crippen molar-refractivity contribution in [2.24, 2.45) is 11.8 Å². The number of aliphatic hydroxyl groups excluding tert-OH is 1. The summed E-state index contributed by atoms with van der Waals surface area (Å²) in [4.78, 5) is 41.8. The maximum Gasteiger partial charge on any atom is 0.244 e. The molecular weight excluding hydrogens is 510 g/mol. The number of anilines is 1. The van der Waals surface area contributed by atoms with Crippen LogP contribution in [0, 0.1) is 11.8 Å². The lowest BCUT2D eigenvalue weighted by Crippen LogP contribution is -2.55. The number of hydrogen-bond donors (Lipinski definition) is 3.